The van der Waals surface area contributed by atoms with E-state index in [0.717, 1.165) is 0 Å². The molecule has 0 spiro atoms. The maximum atomic E-state index is 13.3. The maximum absolute atomic E-state index is 13.3. The Labute approximate surface area is 90.7 Å². The number of halogens is 2. The topological polar surface area (TPSA) is 103 Å². The Morgan fingerprint density at radius 3 is 2.31 bits per heavy atom. The normalized spacial score (nSPS) is 11.3. The van der Waals surface area contributed by atoms with E-state index in [2.05, 4.69) is 9.98 Å². The summed E-state index contributed by atoms with van der Waals surface area (Å²) in [5, 5.41) is 0. The van der Waals surface area contributed by atoms with Gasteiger partial charge in [-0.05, 0) is 18.6 Å². The monoisotopic (exact) mass is 227 g/mol. The van der Waals surface area contributed by atoms with Gasteiger partial charge in [-0.3, -0.25) is 0 Å². The first kappa shape index (κ1) is 11.9. The number of benzene rings is 1. The highest BCUT2D eigenvalue weighted by atomic mass is 19.2. The van der Waals surface area contributed by atoms with E-state index in [9.17, 15) is 8.78 Å². The van der Waals surface area contributed by atoms with E-state index in [4.69, 9.17) is 17.2 Å². The van der Waals surface area contributed by atoms with Crippen molar-refractivity contribution < 1.29 is 8.78 Å². The van der Waals surface area contributed by atoms with Gasteiger partial charge in [-0.25, -0.2) is 13.8 Å². The third-order valence-electron chi connectivity index (χ3n) is 1.73. The summed E-state index contributed by atoms with van der Waals surface area (Å²) in [6, 6.07) is 2.66. The Bertz CT molecular complexity index is 463. The van der Waals surface area contributed by atoms with E-state index in [0.29, 0.717) is 0 Å². The number of hydrogen-bond donors (Lipinski definition) is 3. The van der Waals surface area contributed by atoms with Crippen LogP contribution in [0.5, 0.6) is 0 Å². The molecular weight excluding hydrogens is 216 g/mol. The molecule has 7 heteroatoms. The van der Waals surface area contributed by atoms with E-state index in [-0.39, 0.29) is 23.2 Å². The van der Waals surface area contributed by atoms with Crippen LogP contribution in [0.4, 0.5) is 14.5 Å². The molecule has 1 rings (SSSR count). The standard InChI is InChI=1S/C9H11F2N5/c1-4-2-3-5(7(11)6(4)10)15-9(14)16-8(12)13/h2-3H,1H3,(H6,12,13,14,15,16). The Hall–Kier alpha value is -2.18. The highest BCUT2D eigenvalue weighted by molar-refractivity contribution is 5.93. The van der Waals surface area contributed by atoms with Gasteiger partial charge < -0.3 is 17.2 Å². The number of rotatable bonds is 1. The van der Waals surface area contributed by atoms with Crippen molar-refractivity contribution in [1.82, 2.24) is 0 Å². The van der Waals surface area contributed by atoms with Crippen molar-refractivity contribution >= 4 is 17.6 Å². The van der Waals surface area contributed by atoms with Gasteiger partial charge in [0.05, 0.1) is 0 Å². The molecule has 0 fully saturated rings. The van der Waals surface area contributed by atoms with E-state index in [1.807, 2.05) is 0 Å². The third-order valence-corrected chi connectivity index (χ3v) is 1.73. The first-order valence-corrected chi connectivity index (χ1v) is 4.30. The molecule has 1 aromatic carbocycles. The number of nitrogens with two attached hydrogens (primary N) is 3. The molecule has 1 aromatic rings. The second-order valence-corrected chi connectivity index (χ2v) is 3.04. The predicted molar refractivity (Wildman–Crippen MR) is 58.2 cm³/mol. The summed E-state index contributed by atoms with van der Waals surface area (Å²) in [6.07, 6.45) is 0. The van der Waals surface area contributed by atoms with Crippen molar-refractivity contribution in [2.75, 3.05) is 0 Å². The van der Waals surface area contributed by atoms with E-state index >= 15 is 0 Å². The van der Waals surface area contributed by atoms with Crippen molar-refractivity contribution in [2.24, 2.45) is 27.2 Å². The van der Waals surface area contributed by atoms with Gasteiger partial charge in [-0.15, -0.1) is 0 Å². The van der Waals surface area contributed by atoms with E-state index in [1.165, 1.54) is 19.1 Å². The SMILES string of the molecule is Cc1ccc(N=C(N)N=C(N)N)c(F)c1F. The Morgan fingerprint density at radius 1 is 1.12 bits per heavy atom. The van der Waals surface area contributed by atoms with Gasteiger partial charge in [0.1, 0.15) is 5.69 Å². The zero-order valence-corrected chi connectivity index (χ0v) is 8.54. The highest BCUT2D eigenvalue weighted by Crippen LogP contribution is 2.22. The lowest BCUT2D eigenvalue weighted by molar-refractivity contribution is 0.505. The minimum absolute atomic E-state index is 0.178. The highest BCUT2D eigenvalue weighted by Gasteiger charge is 2.10. The van der Waals surface area contributed by atoms with Crippen molar-refractivity contribution in [3.63, 3.8) is 0 Å². The van der Waals surface area contributed by atoms with Crippen molar-refractivity contribution in [3.8, 4) is 0 Å². The van der Waals surface area contributed by atoms with Gasteiger partial charge in [-0.2, -0.15) is 4.99 Å². The molecule has 0 saturated carbocycles. The van der Waals surface area contributed by atoms with E-state index < -0.39 is 11.6 Å². The summed E-state index contributed by atoms with van der Waals surface area (Å²) in [7, 11) is 0. The molecule has 0 radical (unpaired) electrons. The maximum Gasteiger partial charge on any atom is 0.223 e. The molecule has 0 aliphatic rings. The number of guanidine groups is 2. The van der Waals surface area contributed by atoms with Crippen LogP contribution in [0, 0.1) is 18.6 Å². The molecule has 0 amide bonds. The fourth-order valence-corrected chi connectivity index (χ4v) is 1.00. The summed E-state index contributed by atoms with van der Waals surface area (Å²) in [5.74, 6) is -2.72. The molecular formula is C9H11F2N5. The van der Waals surface area contributed by atoms with Crippen LogP contribution in [-0.4, -0.2) is 11.9 Å². The van der Waals surface area contributed by atoms with Crippen molar-refractivity contribution in [1.29, 1.82) is 0 Å². The van der Waals surface area contributed by atoms with Crippen LogP contribution in [-0.2, 0) is 0 Å². The van der Waals surface area contributed by atoms with Crippen LogP contribution in [0.3, 0.4) is 0 Å². The van der Waals surface area contributed by atoms with Gasteiger partial charge in [-0.1, -0.05) is 6.07 Å². The average molecular weight is 227 g/mol. The van der Waals surface area contributed by atoms with Crippen LogP contribution in [0.2, 0.25) is 0 Å². The molecule has 6 N–H and O–H groups in total. The largest absolute Gasteiger partial charge is 0.370 e. The quantitative estimate of drug-likeness (QED) is 0.480. The van der Waals surface area contributed by atoms with Gasteiger partial charge in [0, 0.05) is 0 Å². The Balaban J connectivity index is 3.17. The minimum Gasteiger partial charge on any atom is -0.370 e. The summed E-state index contributed by atoms with van der Waals surface area (Å²) >= 11 is 0. The number of aliphatic imine (C=N–C) groups is 2. The average Bonchev–Trinajstić information content (AvgIpc) is 2.18. The molecule has 0 bridgehead atoms. The van der Waals surface area contributed by atoms with Crippen molar-refractivity contribution in [2.45, 2.75) is 6.92 Å². The van der Waals surface area contributed by atoms with Crippen LogP contribution < -0.4 is 17.2 Å². The third kappa shape index (κ3) is 2.66. The lowest BCUT2D eigenvalue weighted by atomic mass is 10.2. The molecule has 0 atom stereocenters. The fourth-order valence-electron chi connectivity index (χ4n) is 1.00. The molecule has 16 heavy (non-hydrogen) atoms. The van der Waals surface area contributed by atoms with Gasteiger partial charge in [0.15, 0.2) is 17.6 Å². The van der Waals surface area contributed by atoms with Crippen LogP contribution in [0.15, 0.2) is 22.1 Å². The van der Waals surface area contributed by atoms with Crippen LogP contribution in [0.1, 0.15) is 5.56 Å². The molecule has 0 aliphatic heterocycles. The second kappa shape index (κ2) is 4.56. The number of aryl methyl sites for hydroxylation is 1. The summed E-state index contributed by atoms with van der Waals surface area (Å²) in [6.45, 7) is 1.44. The van der Waals surface area contributed by atoms with Crippen LogP contribution in [0.25, 0.3) is 0 Å². The summed E-state index contributed by atoms with van der Waals surface area (Å²) in [5.41, 5.74) is 15.3. The molecule has 0 heterocycles. The molecule has 0 aromatic heterocycles. The van der Waals surface area contributed by atoms with E-state index in [1.54, 1.807) is 0 Å². The molecule has 86 valence electrons. The van der Waals surface area contributed by atoms with Gasteiger partial charge >= 0.3 is 0 Å². The van der Waals surface area contributed by atoms with Gasteiger partial charge in [0.2, 0.25) is 5.96 Å². The lowest BCUT2D eigenvalue weighted by Gasteiger charge is -2.01. The van der Waals surface area contributed by atoms with Gasteiger partial charge in [0.25, 0.3) is 0 Å². The van der Waals surface area contributed by atoms with Crippen molar-refractivity contribution in [3.05, 3.63) is 29.3 Å². The summed E-state index contributed by atoms with van der Waals surface area (Å²) < 4.78 is 26.4. The zero-order valence-electron chi connectivity index (χ0n) is 8.54. The number of hydrogen-bond acceptors (Lipinski definition) is 1. The second-order valence-electron chi connectivity index (χ2n) is 3.04. The fraction of sp³-hybridized carbons (Fsp3) is 0.111. The Morgan fingerprint density at radius 2 is 1.75 bits per heavy atom. The Kier molecular flexibility index (Phi) is 3.39. The number of nitrogens with zero attached hydrogens (tertiary/aromatic N) is 2. The molecule has 0 unspecified atom stereocenters. The lowest BCUT2D eigenvalue weighted by Crippen LogP contribution is -2.26. The first-order valence-electron chi connectivity index (χ1n) is 4.30. The summed E-state index contributed by atoms with van der Waals surface area (Å²) in [4.78, 5) is 6.91. The van der Waals surface area contributed by atoms with Crippen LogP contribution >= 0.6 is 0 Å². The predicted octanol–water partition coefficient (Wildman–Crippen LogP) is 0.493. The molecule has 0 aliphatic carbocycles. The minimum atomic E-state index is -1.09. The zero-order chi connectivity index (χ0) is 12.3. The molecule has 5 nitrogen and oxygen atoms in total. The molecule has 0 saturated heterocycles. The first-order chi connectivity index (χ1) is 7.41. The smallest absolute Gasteiger partial charge is 0.223 e.